The van der Waals surface area contributed by atoms with E-state index in [1.807, 2.05) is 19.9 Å². The molecular formula is C19H32N4O. The molecule has 2 N–H and O–H groups in total. The zero-order chi connectivity index (χ0) is 17.7. The average molecular weight is 332 g/mol. The molecule has 3 atom stereocenters. The van der Waals surface area contributed by atoms with Crippen molar-refractivity contribution in [2.75, 3.05) is 25.0 Å². The third-order valence-corrected chi connectivity index (χ3v) is 4.33. The van der Waals surface area contributed by atoms with Crippen molar-refractivity contribution < 1.29 is 4.79 Å². The molecular weight excluding hydrogens is 300 g/mol. The molecule has 3 unspecified atom stereocenters. The van der Waals surface area contributed by atoms with Gasteiger partial charge in [0.05, 0.1) is 5.56 Å². The largest absolute Gasteiger partial charge is 0.367 e. The lowest BCUT2D eigenvalue weighted by Crippen LogP contribution is -2.47. The van der Waals surface area contributed by atoms with Crippen molar-refractivity contribution >= 4 is 11.7 Å². The fourth-order valence-corrected chi connectivity index (χ4v) is 3.65. The first kappa shape index (κ1) is 18.7. The van der Waals surface area contributed by atoms with Gasteiger partial charge in [0.25, 0.3) is 5.91 Å². The summed E-state index contributed by atoms with van der Waals surface area (Å²) in [6, 6.07) is 3.98. The molecule has 0 saturated carbocycles. The fourth-order valence-electron chi connectivity index (χ4n) is 3.65. The van der Waals surface area contributed by atoms with Gasteiger partial charge in [-0.2, -0.15) is 0 Å². The van der Waals surface area contributed by atoms with Crippen LogP contribution in [0.2, 0.25) is 0 Å². The Labute approximate surface area is 146 Å². The monoisotopic (exact) mass is 332 g/mol. The number of hydrogen-bond donors (Lipinski definition) is 2. The van der Waals surface area contributed by atoms with E-state index in [4.69, 9.17) is 0 Å². The molecule has 2 heterocycles. The Morgan fingerprint density at radius 1 is 1.29 bits per heavy atom. The fraction of sp³-hybridized carbons (Fsp3) is 0.684. The molecule has 1 fully saturated rings. The van der Waals surface area contributed by atoms with E-state index in [2.05, 4.69) is 41.3 Å². The van der Waals surface area contributed by atoms with E-state index in [0.29, 0.717) is 11.4 Å². The Morgan fingerprint density at radius 3 is 2.58 bits per heavy atom. The number of rotatable bonds is 6. The first-order valence-corrected chi connectivity index (χ1v) is 9.10. The Balaban J connectivity index is 1.94. The summed E-state index contributed by atoms with van der Waals surface area (Å²) >= 11 is 0. The summed E-state index contributed by atoms with van der Waals surface area (Å²) in [5, 5.41) is 6.36. The van der Waals surface area contributed by atoms with Crippen LogP contribution in [0.1, 0.15) is 51.4 Å². The molecule has 0 radical (unpaired) electrons. The van der Waals surface area contributed by atoms with Crippen molar-refractivity contribution in [3.63, 3.8) is 0 Å². The minimum Gasteiger partial charge on any atom is -0.367 e. The number of carbonyl (C=O) groups excluding carboxylic acids is 1. The van der Waals surface area contributed by atoms with Gasteiger partial charge in [0.1, 0.15) is 5.82 Å². The van der Waals surface area contributed by atoms with E-state index >= 15 is 0 Å². The molecule has 1 aromatic heterocycles. The molecule has 0 aromatic carbocycles. The molecule has 5 heteroatoms. The van der Waals surface area contributed by atoms with Crippen LogP contribution < -0.4 is 10.6 Å². The van der Waals surface area contributed by atoms with Crippen LogP contribution in [-0.4, -0.2) is 47.5 Å². The first-order valence-electron chi connectivity index (χ1n) is 9.10. The van der Waals surface area contributed by atoms with Crippen molar-refractivity contribution in [3.05, 3.63) is 23.9 Å². The normalized spacial score (nSPS) is 23.1. The number of likely N-dealkylation sites (tertiary alicyclic amines) is 1. The Hall–Kier alpha value is -1.62. The Kier molecular flexibility index (Phi) is 6.60. The second kappa shape index (κ2) is 8.47. The number of amides is 1. The van der Waals surface area contributed by atoms with Crippen LogP contribution in [0.3, 0.4) is 0 Å². The minimum atomic E-state index is -0.0585. The lowest BCUT2D eigenvalue weighted by Gasteiger charge is -2.36. The highest BCUT2D eigenvalue weighted by Crippen LogP contribution is 2.21. The number of carbonyl (C=O) groups is 1. The summed E-state index contributed by atoms with van der Waals surface area (Å²) in [5.74, 6) is 2.06. The molecule has 0 bridgehead atoms. The summed E-state index contributed by atoms with van der Waals surface area (Å²) in [4.78, 5) is 19.4. The van der Waals surface area contributed by atoms with Crippen LogP contribution in [0.5, 0.6) is 0 Å². The molecule has 5 nitrogen and oxygen atoms in total. The standard InChI is InChI=1S/C19H32N4O/c1-13(2)21-18-17(7-6-8-20-18)19(24)22-16(5)12-23-10-14(3)9-15(4)11-23/h6-8,13-16H,9-12H2,1-5H3,(H,20,21)(H,22,24). The summed E-state index contributed by atoms with van der Waals surface area (Å²) in [7, 11) is 0. The number of hydrogen-bond acceptors (Lipinski definition) is 4. The maximum absolute atomic E-state index is 12.6. The van der Waals surface area contributed by atoms with Gasteiger partial charge in [0.2, 0.25) is 0 Å². The zero-order valence-electron chi connectivity index (χ0n) is 15.7. The van der Waals surface area contributed by atoms with Gasteiger partial charge < -0.3 is 15.5 Å². The third kappa shape index (κ3) is 5.48. The lowest BCUT2D eigenvalue weighted by molar-refractivity contribution is 0.0905. The third-order valence-electron chi connectivity index (χ3n) is 4.33. The van der Waals surface area contributed by atoms with Gasteiger partial charge in [-0.1, -0.05) is 13.8 Å². The highest BCUT2D eigenvalue weighted by Gasteiger charge is 2.23. The van der Waals surface area contributed by atoms with E-state index in [1.165, 1.54) is 6.42 Å². The van der Waals surface area contributed by atoms with E-state index in [1.54, 1.807) is 12.3 Å². The lowest BCUT2D eigenvalue weighted by atomic mass is 9.92. The molecule has 1 saturated heterocycles. The van der Waals surface area contributed by atoms with Crippen LogP contribution >= 0.6 is 0 Å². The summed E-state index contributed by atoms with van der Waals surface area (Å²) in [6.45, 7) is 13.9. The first-order chi connectivity index (χ1) is 11.3. The van der Waals surface area contributed by atoms with Crippen molar-refractivity contribution in [2.24, 2.45) is 11.8 Å². The van der Waals surface area contributed by atoms with Gasteiger partial charge in [-0.3, -0.25) is 4.79 Å². The zero-order valence-corrected chi connectivity index (χ0v) is 15.7. The van der Waals surface area contributed by atoms with Crippen LogP contribution in [0.4, 0.5) is 5.82 Å². The minimum absolute atomic E-state index is 0.0585. The van der Waals surface area contributed by atoms with Crippen molar-refractivity contribution in [1.82, 2.24) is 15.2 Å². The molecule has 2 rings (SSSR count). The molecule has 1 amide bonds. The van der Waals surface area contributed by atoms with Crippen LogP contribution in [-0.2, 0) is 0 Å². The van der Waals surface area contributed by atoms with Crippen LogP contribution in [0, 0.1) is 11.8 Å². The number of piperidine rings is 1. The van der Waals surface area contributed by atoms with Gasteiger partial charge in [0, 0.05) is 37.9 Å². The van der Waals surface area contributed by atoms with Crippen LogP contribution in [0.15, 0.2) is 18.3 Å². The average Bonchev–Trinajstić information content (AvgIpc) is 2.45. The number of aromatic nitrogens is 1. The van der Waals surface area contributed by atoms with Gasteiger partial charge in [-0.15, -0.1) is 0 Å². The topological polar surface area (TPSA) is 57.3 Å². The van der Waals surface area contributed by atoms with E-state index in [-0.39, 0.29) is 18.0 Å². The van der Waals surface area contributed by atoms with Crippen LogP contribution in [0.25, 0.3) is 0 Å². The van der Waals surface area contributed by atoms with Gasteiger partial charge in [-0.05, 0) is 51.2 Å². The van der Waals surface area contributed by atoms with E-state index in [9.17, 15) is 4.79 Å². The van der Waals surface area contributed by atoms with Crippen molar-refractivity contribution in [2.45, 2.75) is 53.1 Å². The predicted molar refractivity (Wildman–Crippen MR) is 99.3 cm³/mol. The molecule has 1 aliphatic rings. The summed E-state index contributed by atoms with van der Waals surface area (Å²) in [5.41, 5.74) is 0.610. The second-order valence-electron chi connectivity index (χ2n) is 7.74. The summed E-state index contributed by atoms with van der Waals surface area (Å²) < 4.78 is 0. The molecule has 134 valence electrons. The predicted octanol–water partition coefficient (Wildman–Crippen LogP) is 3.00. The Bertz CT molecular complexity index is 536. The summed E-state index contributed by atoms with van der Waals surface area (Å²) in [6.07, 6.45) is 3.01. The Morgan fingerprint density at radius 2 is 1.96 bits per heavy atom. The SMILES string of the molecule is CC1CC(C)CN(CC(C)NC(=O)c2cccnc2NC(C)C)C1. The van der Waals surface area contributed by atoms with E-state index < -0.39 is 0 Å². The van der Waals surface area contributed by atoms with Gasteiger partial charge >= 0.3 is 0 Å². The number of anilines is 1. The number of pyridine rings is 1. The van der Waals surface area contributed by atoms with Crippen molar-refractivity contribution in [1.29, 1.82) is 0 Å². The highest BCUT2D eigenvalue weighted by atomic mass is 16.1. The smallest absolute Gasteiger partial charge is 0.255 e. The van der Waals surface area contributed by atoms with E-state index in [0.717, 1.165) is 31.5 Å². The molecule has 0 spiro atoms. The molecule has 24 heavy (non-hydrogen) atoms. The number of nitrogens with zero attached hydrogens (tertiary/aromatic N) is 2. The maximum Gasteiger partial charge on any atom is 0.255 e. The quantitative estimate of drug-likeness (QED) is 0.841. The maximum atomic E-state index is 12.6. The highest BCUT2D eigenvalue weighted by molar-refractivity contribution is 5.98. The molecule has 1 aliphatic heterocycles. The number of nitrogens with one attached hydrogen (secondary N) is 2. The molecule has 1 aromatic rings. The van der Waals surface area contributed by atoms with Crippen molar-refractivity contribution in [3.8, 4) is 0 Å². The van der Waals surface area contributed by atoms with Gasteiger partial charge in [0.15, 0.2) is 0 Å². The second-order valence-corrected chi connectivity index (χ2v) is 7.74. The molecule has 0 aliphatic carbocycles. The van der Waals surface area contributed by atoms with Gasteiger partial charge in [-0.25, -0.2) is 4.98 Å².